The monoisotopic (exact) mass is 257 g/mol. The largest absolute Gasteiger partial charge is 0.478 e. The van der Waals surface area contributed by atoms with Gasteiger partial charge in [-0.25, -0.2) is 9.97 Å². The van der Waals surface area contributed by atoms with Crippen molar-refractivity contribution < 1.29 is 4.74 Å². The number of hydrogen-bond donors (Lipinski definition) is 1. The molecule has 2 aromatic rings. The summed E-state index contributed by atoms with van der Waals surface area (Å²) < 4.78 is 5.62. The highest BCUT2D eigenvalue weighted by molar-refractivity contribution is 5.36. The molecule has 19 heavy (non-hydrogen) atoms. The molecule has 1 heterocycles. The predicted octanol–water partition coefficient (Wildman–Crippen LogP) is 2.92. The van der Waals surface area contributed by atoms with Gasteiger partial charge in [-0.3, -0.25) is 0 Å². The van der Waals surface area contributed by atoms with Crippen molar-refractivity contribution in [1.29, 1.82) is 0 Å². The predicted molar refractivity (Wildman–Crippen MR) is 76.5 cm³/mol. The van der Waals surface area contributed by atoms with E-state index in [2.05, 4.69) is 39.6 Å². The van der Waals surface area contributed by atoms with Gasteiger partial charge in [0.1, 0.15) is 12.1 Å². The summed E-state index contributed by atoms with van der Waals surface area (Å²) in [7, 11) is 0. The van der Waals surface area contributed by atoms with Gasteiger partial charge in [-0.15, -0.1) is 0 Å². The van der Waals surface area contributed by atoms with Gasteiger partial charge < -0.3 is 10.1 Å². The molecule has 100 valence electrons. The molecular weight excluding hydrogens is 238 g/mol. The average molecular weight is 257 g/mol. The molecule has 1 aromatic heterocycles. The number of ether oxygens (including phenoxy) is 1. The van der Waals surface area contributed by atoms with Crippen LogP contribution in [0.4, 0.5) is 5.82 Å². The molecule has 0 amide bonds. The van der Waals surface area contributed by atoms with Crippen molar-refractivity contribution in [3.63, 3.8) is 0 Å². The van der Waals surface area contributed by atoms with E-state index in [4.69, 9.17) is 4.74 Å². The standard InChI is InChI=1S/C15H19N3O/c1-2-16-14-11-15(18-12-17-14)19-10-6-9-13-7-4-3-5-8-13/h3-5,7-8,11-12H,2,6,9-10H2,1H3,(H,16,17,18). The molecular formula is C15H19N3O. The summed E-state index contributed by atoms with van der Waals surface area (Å²) in [4.78, 5) is 8.20. The van der Waals surface area contributed by atoms with Gasteiger partial charge in [0.2, 0.25) is 5.88 Å². The third-order valence-corrected chi connectivity index (χ3v) is 2.70. The summed E-state index contributed by atoms with van der Waals surface area (Å²) in [5, 5.41) is 3.13. The number of aromatic nitrogens is 2. The second-order valence-electron chi connectivity index (χ2n) is 4.21. The lowest BCUT2D eigenvalue weighted by Gasteiger charge is -2.07. The van der Waals surface area contributed by atoms with E-state index in [1.807, 2.05) is 19.1 Å². The van der Waals surface area contributed by atoms with Gasteiger partial charge in [-0.1, -0.05) is 30.3 Å². The van der Waals surface area contributed by atoms with Gasteiger partial charge in [0.15, 0.2) is 0 Å². The van der Waals surface area contributed by atoms with E-state index >= 15 is 0 Å². The van der Waals surface area contributed by atoms with E-state index in [1.54, 1.807) is 0 Å². The maximum atomic E-state index is 5.62. The first-order valence-corrected chi connectivity index (χ1v) is 6.61. The zero-order chi connectivity index (χ0) is 13.3. The van der Waals surface area contributed by atoms with Crippen molar-refractivity contribution in [1.82, 2.24) is 9.97 Å². The molecule has 0 aliphatic carbocycles. The fraction of sp³-hybridized carbons (Fsp3) is 0.333. The Morgan fingerprint density at radius 2 is 2.00 bits per heavy atom. The van der Waals surface area contributed by atoms with Crippen LogP contribution < -0.4 is 10.1 Å². The first-order chi connectivity index (χ1) is 9.38. The van der Waals surface area contributed by atoms with E-state index < -0.39 is 0 Å². The van der Waals surface area contributed by atoms with Crippen LogP contribution in [-0.2, 0) is 6.42 Å². The summed E-state index contributed by atoms with van der Waals surface area (Å²) >= 11 is 0. The van der Waals surface area contributed by atoms with Crippen LogP contribution in [0.15, 0.2) is 42.7 Å². The lowest BCUT2D eigenvalue weighted by Crippen LogP contribution is -2.03. The second kappa shape index (κ2) is 7.36. The zero-order valence-electron chi connectivity index (χ0n) is 11.2. The maximum absolute atomic E-state index is 5.62. The molecule has 0 radical (unpaired) electrons. The normalized spacial score (nSPS) is 10.2. The van der Waals surface area contributed by atoms with Crippen LogP contribution in [0.1, 0.15) is 18.9 Å². The number of anilines is 1. The fourth-order valence-corrected chi connectivity index (χ4v) is 1.79. The van der Waals surface area contributed by atoms with Crippen LogP contribution in [0.5, 0.6) is 5.88 Å². The molecule has 1 aromatic carbocycles. The summed E-state index contributed by atoms with van der Waals surface area (Å²) in [5.74, 6) is 1.43. The van der Waals surface area contributed by atoms with Crippen LogP contribution in [0.3, 0.4) is 0 Å². The molecule has 1 N–H and O–H groups in total. The van der Waals surface area contributed by atoms with Gasteiger partial charge in [0, 0.05) is 12.6 Å². The summed E-state index contributed by atoms with van der Waals surface area (Å²) in [6.45, 7) is 3.53. The maximum Gasteiger partial charge on any atom is 0.218 e. The highest BCUT2D eigenvalue weighted by Crippen LogP contribution is 2.11. The molecule has 2 rings (SSSR count). The van der Waals surface area contributed by atoms with Crippen LogP contribution in [0.2, 0.25) is 0 Å². The molecule has 0 bridgehead atoms. The Morgan fingerprint density at radius 1 is 1.16 bits per heavy atom. The van der Waals surface area contributed by atoms with Crippen molar-refractivity contribution >= 4 is 5.82 Å². The molecule has 0 aliphatic rings. The van der Waals surface area contributed by atoms with Crippen LogP contribution in [0, 0.1) is 0 Å². The first kappa shape index (κ1) is 13.3. The van der Waals surface area contributed by atoms with Gasteiger partial charge in [-0.05, 0) is 25.3 Å². The summed E-state index contributed by atoms with van der Waals surface area (Å²) in [6.07, 6.45) is 3.51. The van der Waals surface area contributed by atoms with E-state index in [0.717, 1.165) is 25.2 Å². The minimum Gasteiger partial charge on any atom is -0.478 e. The van der Waals surface area contributed by atoms with Crippen molar-refractivity contribution in [2.75, 3.05) is 18.5 Å². The van der Waals surface area contributed by atoms with Crippen LogP contribution in [0.25, 0.3) is 0 Å². The number of nitrogens with one attached hydrogen (secondary N) is 1. The number of hydrogen-bond acceptors (Lipinski definition) is 4. The Labute approximate surface area is 113 Å². The van der Waals surface area contributed by atoms with Crippen molar-refractivity contribution in [2.24, 2.45) is 0 Å². The first-order valence-electron chi connectivity index (χ1n) is 6.61. The topological polar surface area (TPSA) is 47.0 Å². The van der Waals surface area contributed by atoms with Crippen LogP contribution >= 0.6 is 0 Å². The minimum absolute atomic E-state index is 0.624. The van der Waals surface area contributed by atoms with Gasteiger partial charge in [-0.2, -0.15) is 0 Å². The smallest absolute Gasteiger partial charge is 0.218 e. The van der Waals surface area contributed by atoms with Gasteiger partial charge >= 0.3 is 0 Å². The number of aryl methyl sites for hydroxylation is 1. The Hall–Kier alpha value is -2.10. The number of benzene rings is 1. The molecule has 0 unspecified atom stereocenters. The summed E-state index contributed by atoms with van der Waals surface area (Å²) in [6, 6.07) is 12.2. The lowest BCUT2D eigenvalue weighted by molar-refractivity contribution is 0.299. The van der Waals surface area contributed by atoms with Gasteiger partial charge in [0.25, 0.3) is 0 Å². The Bertz CT molecular complexity index is 488. The molecule has 0 fully saturated rings. The molecule has 0 saturated heterocycles. The van der Waals surface area contributed by atoms with E-state index in [9.17, 15) is 0 Å². The zero-order valence-corrected chi connectivity index (χ0v) is 11.2. The Morgan fingerprint density at radius 3 is 2.79 bits per heavy atom. The summed E-state index contributed by atoms with van der Waals surface area (Å²) in [5.41, 5.74) is 1.34. The molecule has 0 aliphatic heterocycles. The number of nitrogens with zero attached hydrogens (tertiary/aromatic N) is 2. The molecule has 4 nitrogen and oxygen atoms in total. The third kappa shape index (κ3) is 4.58. The molecule has 0 saturated carbocycles. The van der Waals surface area contributed by atoms with Crippen molar-refractivity contribution in [3.8, 4) is 5.88 Å². The fourth-order valence-electron chi connectivity index (χ4n) is 1.79. The van der Waals surface area contributed by atoms with Gasteiger partial charge in [0.05, 0.1) is 6.61 Å². The molecule has 0 spiro atoms. The Kier molecular flexibility index (Phi) is 5.17. The second-order valence-corrected chi connectivity index (χ2v) is 4.21. The molecule has 4 heteroatoms. The SMILES string of the molecule is CCNc1cc(OCCCc2ccccc2)ncn1. The van der Waals surface area contributed by atoms with E-state index in [1.165, 1.54) is 11.9 Å². The Balaban J connectivity index is 1.75. The third-order valence-electron chi connectivity index (χ3n) is 2.70. The quantitative estimate of drug-likeness (QED) is 0.775. The van der Waals surface area contributed by atoms with Crippen molar-refractivity contribution in [2.45, 2.75) is 19.8 Å². The number of rotatable bonds is 7. The van der Waals surface area contributed by atoms with E-state index in [-0.39, 0.29) is 0 Å². The highest BCUT2D eigenvalue weighted by atomic mass is 16.5. The van der Waals surface area contributed by atoms with E-state index in [0.29, 0.717) is 12.5 Å². The van der Waals surface area contributed by atoms with Crippen molar-refractivity contribution in [3.05, 3.63) is 48.3 Å². The van der Waals surface area contributed by atoms with Crippen LogP contribution in [-0.4, -0.2) is 23.1 Å². The average Bonchev–Trinajstić information content (AvgIpc) is 2.46. The molecule has 0 atom stereocenters. The lowest BCUT2D eigenvalue weighted by atomic mass is 10.1. The highest BCUT2D eigenvalue weighted by Gasteiger charge is 1.99. The minimum atomic E-state index is 0.624.